The van der Waals surface area contributed by atoms with Crippen molar-refractivity contribution in [1.82, 2.24) is 4.57 Å². The van der Waals surface area contributed by atoms with Crippen LogP contribution < -0.4 is 0 Å². The fraction of sp³-hybridized carbons (Fsp3) is 1.00. The summed E-state index contributed by atoms with van der Waals surface area (Å²) >= 11 is 3.22. The highest BCUT2D eigenvalue weighted by Crippen LogP contribution is 2.67. The normalized spacial score (nSPS) is 19.7. The van der Waals surface area contributed by atoms with E-state index in [4.69, 9.17) is 0 Å². The molecule has 0 unspecified atom stereocenters. The number of nitrogens with zero attached hydrogens (tertiary/aromatic N) is 1. The van der Waals surface area contributed by atoms with Gasteiger partial charge in [0.2, 0.25) is 0 Å². The summed E-state index contributed by atoms with van der Waals surface area (Å²) in [7, 11) is -3.43. The van der Waals surface area contributed by atoms with Gasteiger partial charge in [0.05, 0.1) is 15.2 Å². The van der Waals surface area contributed by atoms with E-state index in [0.29, 0.717) is 20.2 Å². The van der Waals surface area contributed by atoms with Crippen LogP contribution in [0.5, 0.6) is 0 Å². The molecule has 1 nitrogen and oxygen atoms in total. The van der Waals surface area contributed by atoms with Crippen LogP contribution in [0.25, 0.3) is 0 Å². The number of rotatable bonds is 3. The van der Waals surface area contributed by atoms with E-state index in [2.05, 4.69) is 123 Å². The van der Waals surface area contributed by atoms with E-state index in [1.807, 2.05) is 0 Å². The third kappa shape index (κ3) is 3.76. The molecule has 0 radical (unpaired) electrons. The Bertz CT molecular complexity index is 460. The molecule has 0 aromatic heterocycles. The monoisotopic (exact) mass is 539 g/mol. The average Bonchev–Trinajstić information content (AvgIpc) is 2.93. The van der Waals surface area contributed by atoms with Gasteiger partial charge in [-0.3, -0.25) is 0 Å². The van der Waals surface area contributed by atoms with Crippen LogP contribution in [0.15, 0.2) is 0 Å². The van der Waals surface area contributed by atoms with Gasteiger partial charge in [-0.1, -0.05) is 96.2 Å². The zero-order valence-corrected chi connectivity index (χ0v) is 26.3. The van der Waals surface area contributed by atoms with Crippen LogP contribution in [-0.4, -0.2) is 37.6 Å². The highest BCUT2D eigenvalue weighted by molar-refractivity contribution is 14.1. The second-order valence-corrected chi connectivity index (χ2v) is 48.6. The lowest BCUT2D eigenvalue weighted by atomic mass is 10.2. The van der Waals surface area contributed by atoms with Crippen molar-refractivity contribution in [3.63, 3.8) is 0 Å². The van der Waals surface area contributed by atoms with Crippen molar-refractivity contribution >= 4 is 41.7 Å². The molecule has 0 amide bonds. The summed E-state index contributed by atoms with van der Waals surface area (Å²) in [5, 5.41) is 1.63. The van der Waals surface area contributed by atoms with Gasteiger partial charge in [0.1, 0.15) is 0 Å². The van der Waals surface area contributed by atoms with E-state index in [9.17, 15) is 0 Å². The van der Waals surface area contributed by atoms with Gasteiger partial charge in [0.15, 0.2) is 4.77 Å². The Morgan fingerprint density at radius 1 is 0.556 bits per heavy atom. The van der Waals surface area contributed by atoms with Crippen LogP contribution in [0.2, 0.25) is 33.2 Å². The van der Waals surface area contributed by atoms with Crippen LogP contribution in [0, 0.1) is 0 Å². The van der Waals surface area contributed by atoms with E-state index in [1.165, 1.54) is 25.9 Å². The highest BCUT2D eigenvalue weighted by Gasteiger charge is 2.76. The third-order valence-corrected chi connectivity index (χ3v) is 74.1. The van der Waals surface area contributed by atoms with Crippen molar-refractivity contribution in [2.24, 2.45) is 0 Å². The first kappa shape index (κ1) is 26.4. The molecule has 5 heteroatoms. The fourth-order valence-electron chi connectivity index (χ4n) is 6.40. The maximum Gasteiger partial charge on any atom is 0.176 e. The minimum Gasteiger partial charge on any atom is -0.320 e. The predicted molar refractivity (Wildman–Crippen MR) is 143 cm³/mol. The van der Waals surface area contributed by atoms with Crippen LogP contribution in [-0.2, 0) is 0 Å². The predicted octanol–water partition coefficient (Wildman–Crippen LogP) is 8.47. The molecule has 0 aromatic carbocycles. The standard InChI is InChI=1S/C22H50INSi3/c1-19(2,3)25(13,20(4,5)6)27(23,24-17-15-16-18-24)26(14,21(7,8)9)22(10,11)12/h15-18H2,1-14H3. The van der Waals surface area contributed by atoms with Crippen molar-refractivity contribution in [3.8, 4) is 0 Å². The van der Waals surface area contributed by atoms with Gasteiger partial charge in [-0.05, 0) is 46.1 Å². The minimum absolute atomic E-state index is 0.409. The summed E-state index contributed by atoms with van der Waals surface area (Å²) in [6.07, 6.45) is 2.82. The molecule has 0 N–H and O–H groups in total. The van der Waals surface area contributed by atoms with Crippen LogP contribution in [0.1, 0.15) is 95.9 Å². The van der Waals surface area contributed by atoms with Crippen LogP contribution >= 0.6 is 21.8 Å². The molecule has 0 aromatic rings. The van der Waals surface area contributed by atoms with Gasteiger partial charge < -0.3 is 4.57 Å². The van der Waals surface area contributed by atoms with E-state index in [0.717, 1.165) is 0 Å². The Morgan fingerprint density at radius 2 is 0.778 bits per heavy atom. The molecule has 0 aliphatic carbocycles. The van der Waals surface area contributed by atoms with Crippen molar-refractivity contribution in [2.75, 3.05) is 13.1 Å². The van der Waals surface area contributed by atoms with Gasteiger partial charge in [-0.2, -0.15) is 0 Å². The summed E-state index contributed by atoms with van der Waals surface area (Å²) in [6.45, 7) is 39.6. The quantitative estimate of drug-likeness (QED) is 0.197. The Hall–Kier alpha value is 1.34. The molecule has 1 fully saturated rings. The second-order valence-electron chi connectivity index (χ2n) is 13.6. The summed E-state index contributed by atoms with van der Waals surface area (Å²) < 4.78 is 1.37. The Morgan fingerprint density at radius 3 is 0.963 bits per heavy atom. The first-order valence-corrected chi connectivity index (χ1v) is 23.1. The Balaban J connectivity index is 4.10. The van der Waals surface area contributed by atoms with Crippen molar-refractivity contribution < 1.29 is 0 Å². The Kier molecular flexibility index (Phi) is 7.31. The molecule has 0 saturated carbocycles. The molecule has 0 bridgehead atoms. The van der Waals surface area contributed by atoms with Gasteiger partial charge in [-0.15, -0.1) is 21.8 Å². The minimum atomic E-state index is -1.78. The first-order valence-electron chi connectivity index (χ1n) is 11.0. The highest BCUT2D eigenvalue weighted by atomic mass is 127. The lowest BCUT2D eigenvalue weighted by Gasteiger charge is -2.70. The fourth-order valence-corrected chi connectivity index (χ4v) is 91.2. The number of halogens is 1. The molecule has 1 heterocycles. The summed E-state index contributed by atoms with van der Waals surface area (Å²) in [5.41, 5.74) is 0. The molecule has 1 aliphatic heterocycles. The largest absolute Gasteiger partial charge is 0.320 e. The van der Waals surface area contributed by atoms with E-state index < -0.39 is 19.9 Å². The summed E-state index contributed by atoms with van der Waals surface area (Å²) in [4.78, 5) is 0. The van der Waals surface area contributed by atoms with Gasteiger partial charge >= 0.3 is 0 Å². The molecule has 1 aliphatic rings. The van der Waals surface area contributed by atoms with E-state index in [-0.39, 0.29) is 0 Å². The van der Waals surface area contributed by atoms with Gasteiger partial charge in [0, 0.05) is 0 Å². The van der Waals surface area contributed by atoms with Crippen molar-refractivity contribution in [3.05, 3.63) is 0 Å². The number of hydrogen-bond donors (Lipinski definition) is 0. The lowest BCUT2D eigenvalue weighted by molar-refractivity contribution is 0.529. The van der Waals surface area contributed by atoms with Crippen molar-refractivity contribution in [2.45, 2.75) is 129 Å². The first-order chi connectivity index (χ1) is 11.6. The molecule has 162 valence electrons. The van der Waals surface area contributed by atoms with Crippen LogP contribution in [0.3, 0.4) is 0 Å². The zero-order chi connectivity index (χ0) is 21.9. The average molecular weight is 540 g/mol. The summed E-state index contributed by atoms with van der Waals surface area (Å²) in [5.74, 6) is 0. The van der Waals surface area contributed by atoms with Crippen molar-refractivity contribution in [1.29, 1.82) is 0 Å². The van der Waals surface area contributed by atoms with E-state index >= 15 is 0 Å². The smallest absolute Gasteiger partial charge is 0.176 e. The maximum atomic E-state index is 3.22. The maximum absolute atomic E-state index is 3.22. The molecule has 1 rings (SSSR count). The molecule has 27 heavy (non-hydrogen) atoms. The Labute approximate surface area is 187 Å². The molecular weight excluding hydrogens is 489 g/mol. The van der Waals surface area contributed by atoms with Crippen LogP contribution in [0.4, 0.5) is 0 Å². The second kappa shape index (κ2) is 7.49. The molecule has 0 atom stereocenters. The summed E-state index contributed by atoms with van der Waals surface area (Å²) in [6, 6.07) is 0. The SMILES string of the molecule is CC(C)(C)[Si](C)(C(C)(C)C)[Si](I)(N1CCCC1)[Si](C)(C(C)(C)C)C(C)(C)C. The lowest BCUT2D eigenvalue weighted by Crippen LogP contribution is -2.87. The zero-order valence-electron chi connectivity index (χ0n) is 21.2. The van der Waals surface area contributed by atoms with Gasteiger partial charge in [-0.25, -0.2) is 0 Å². The topological polar surface area (TPSA) is 3.24 Å². The molecule has 1 saturated heterocycles. The van der Waals surface area contributed by atoms with Gasteiger partial charge in [0.25, 0.3) is 0 Å². The number of hydrogen-bond acceptors (Lipinski definition) is 1. The molecule has 0 spiro atoms. The third-order valence-electron chi connectivity index (χ3n) is 8.87. The van der Waals surface area contributed by atoms with E-state index in [1.54, 1.807) is 0 Å². The molecular formula is C22H50INSi3.